The van der Waals surface area contributed by atoms with Gasteiger partial charge >= 0.3 is 0 Å². The molecule has 39 heavy (non-hydrogen) atoms. The van der Waals surface area contributed by atoms with Gasteiger partial charge in [0.15, 0.2) is 0 Å². The minimum absolute atomic E-state index is 0.0203. The maximum Gasteiger partial charge on any atom is 0.254 e. The van der Waals surface area contributed by atoms with E-state index in [4.69, 9.17) is 4.74 Å². The fourth-order valence-corrected chi connectivity index (χ4v) is 5.10. The second kappa shape index (κ2) is 11.6. The molecule has 2 unspecified atom stereocenters. The van der Waals surface area contributed by atoms with Crippen molar-refractivity contribution in [3.05, 3.63) is 84.2 Å². The standard InChI is InChI=1S/C30H32FN5O3/c1-20(36-33-26-13-6-7-14-27(26)34-36)30(38)35(24-11-8-12-25(19-24)39-2)28(21-15-17-22(31)18-16-21)29(37)32-23-9-4-3-5-10-23/h6-8,11-20,23,28H,3-5,9-10H2,1-2H3,(H,32,37). The largest absolute Gasteiger partial charge is 0.497 e. The number of ether oxygens (including phenoxy) is 1. The summed E-state index contributed by atoms with van der Waals surface area (Å²) in [5.41, 5.74) is 2.29. The lowest BCUT2D eigenvalue weighted by Crippen LogP contribution is -2.49. The summed E-state index contributed by atoms with van der Waals surface area (Å²) >= 11 is 0. The van der Waals surface area contributed by atoms with E-state index in [2.05, 4.69) is 15.5 Å². The van der Waals surface area contributed by atoms with E-state index in [1.807, 2.05) is 24.3 Å². The first-order valence-corrected chi connectivity index (χ1v) is 13.3. The molecule has 8 nitrogen and oxygen atoms in total. The Labute approximate surface area is 226 Å². The van der Waals surface area contributed by atoms with Crippen LogP contribution in [0.1, 0.15) is 56.7 Å². The van der Waals surface area contributed by atoms with Crippen molar-refractivity contribution in [1.82, 2.24) is 20.3 Å². The molecule has 1 aliphatic carbocycles. The zero-order valence-electron chi connectivity index (χ0n) is 22.1. The number of nitrogens with one attached hydrogen (secondary N) is 1. The number of halogens is 1. The number of hydrogen-bond acceptors (Lipinski definition) is 5. The van der Waals surface area contributed by atoms with Crippen LogP contribution in [0, 0.1) is 5.82 Å². The average Bonchev–Trinajstić information content (AvgIpc) is 3.41. The molecule has 0 aliphatic heterocycles. The van der Waals surface area contributed by atoms with Crippen LogP contribution in [0.15, 0.2) is 72.8 Å². The molecule has 4 aromatic rings. The number of benzene rings is 3. The Bertz CT molecular complexity index is 1420. The van der Waals surface area contributed by atoms with Gasteiger partial charge in [-0.1, -0.05) is 49.6 Å². The second-order valence-electron chi connectivity index (χ2n) is 9.89. The van der Waals surface area contributed by atoms with Crippen LogP contribution in [-0.4, -0.2) is 40.0 Å². The predicted molar refractivity (Wildman–Crippen MR) is 147 cm³/mol. The predicted octanol–water partition coefficient (Wildman–Crippen LogP) is 5.36. The van der Waals surface area contributed by atoms with Gasteiger partial charge in [-0.3, -0.25) is 14.5 Å². The summed E-state index contributed by atoms with van der Waals surface area (Å²) in [7, 11) is 1.54. The van der Waals surface area contributed by atoms with Crippen LogP contribution in [0.4, 0.5) is 10.1 Å². The fraction of sp³-hybridized carbons (Fsp3) is 0.333. The van der Waals surface area contributed by atoms with Crippen molar-refractivity contribution in [3.63, 3.8) is 0 Å². The van der Waals surface area contributed by atoms with E-state index in [0.717, 1.165) is 32.1 Å². The number of methoxy groups -OCH3 is 1. The summed E-state index contributed by atoms with van der Waals surface area (Å²) in [5, 5.41) is 12.2. The highest BCUT2D eigenvalue weighted by atomic mass is 19.1. The molecule has 0 saturated heterocycles. The van der Waals surface area contributed by atoms with Crippen molar-refractivity contribution in [2.45, 2.75) is 57.2 Å². The Balaban J connectivity index is 1.59. The molecule has 1 aromatic heterocycles. The Kier molecular flexibility index (Phi) is 7.86. The molecule has 3 aromatic carbocycles. The highest BCUT2D eigenvalue weighted by Gasteiger charge is 2.37. The van der Waals surface area contributed by atoms with Crippen molar-refractivity contribution in [2.24, 2.45) is 0 Å². The molecule has 1 N–H and O–H groups in total. The molecule has 9 heteroatoms. The van der Waals surface area contributed by atoms with E-state index < -0.39 is 23.8 Å². The highest BCUT2D eigenvalue weighted by Crippen LogP contribution is 2.33. The number of carbonyl (C=O) groups excluding carboxylic acids is 2. The number of aromatic nitrogens is 3. The third kappa shape index (κ3) is 5.77. The molecule has 5 rings (SSSR count). The van der Waals surface area contributed by atoms with Crippen LogP contribution >= 0.6 is 0 Å². The number of nitrogens with zero attached hydrogens (tertiary/aromatic N) is 4. The van der Waals surface area contributed by atoms with Gasteiger partial charge in [-0.05, 0) is 61.7 Å². The molecule has 0 spiro atoms. The normalized spacial score (nSPS) is 15.5. The van der Waals surface area contributed by atoms with Crippen LogP contribution in [0.25, 0.3) is 11.0 Å². The molecule has 2 amide bonds. The molecule has 0 bridgehead atoms. The lowest BCUT2D eigenvalue weighted by Gasteiger charge is -2.34. The van der Waals surface area contributed by atoms with E-state index >= 15 is 0 Å². The first kappa shape index (κ1) is 26.3. The molecule has 1 aliphatic rings. The SMILES string of the molecule is COc1cccc(N(C(=O)C(C)n2nc3ccccc3n2)C(C(=O)NC2CCCCC2)c2ccc(F)cc2)c1. The van der Waals surface area contributed by atoms with Gasteiger partial charge in [0, 0.05) is 17.8 Å². The molecule has 1 saturated carbocycles. The second-order valence-corrected chi connectivity index (χ2v) is 9.89. The number of carbonyl (C=O) groups is 2. The van der Waals surface area contributed by atoms with Crippen LogP contribution in [-0.2, 0) is 9.59 Å². The third-order valence-corrected chi connectivity index (χ3v) is 7.22. The van der Waals surface area contributed by atoms with Gasteiger partial charge in [0.05, 0.1) is 7.11 Å². The lowest BCUT2D eigenvalue weighted by atomic mass is 9.94. The van der Waals surface area contributed by atoms with Crippen molar-refractivity contribution in [2.75, 3.05) is 12.0 Å². The summed E-state index contributed by atoms with van der Waals surface area (Å²) in [6.07, 6.45) is 5.00. The van der Waals surface area contributed by atoms with Crippen molar-refractivity contribution >= 4 is 28.5 Å². The summed E-state index contributed by atoms with van der Waals surface area (Å²) in [5.74, 6) is -0.608. The Morgan fingerprint density at radius 1 is 0.974 bits per heavy atom. The smallest absolute Gasteiger partial charge is 0.254 e. The zero-order chi connectivity index (χ0) is 27.4. The number of amides is 2. The molecular weight excluding hydrogens is 497 g/mol. The van der Waals surface area contributed by atoms with E-state index in [-0.39, 0.29) is 11.9 Å². The van der Waals surface area contributed by atoms with E-state index in [1.54, 1.807) is 50.4 Å². The van der Waals surface area contributed by atoms with Crippen LogP contribution in [0.2, 0.25) is 0 Å². The minimum Gasteiger partial charge on any atom is -0.497 e. The number of rotatable bonds is 8. The first-order valence-electron chi connectivity index (χ1n) is 13.3. The summed E-state index contributed by atoms with van der Waals surface area (Å²) in [6.45, 7) is 1.70. The number of hydrogen-bond donors (Lipinski definition) is 1. The first-order chi connectivity index (χ1) is 18.9. The monoisotopic (exact) mass is 529 g/mol. The van der Waals surface area contributed by atoms with E-state index in [0.29, 0.717) is 28.0 Å². The maximum atomic E-state index is 14.3. The van der Waals surface area contributed by atoms with Crippen molar-refractivity contribution in [1.29, 1.82) is 0 Å². The van der Waals surface area contributed by atoms with E-state index in [9.17, 15) is 14.0 Å². The topological polar surface area (TPSA) is 89.3 Å². The van der Waals surface area contributed by atoms with Crippen LogP contribution in [0.3, 0.4) is 0 Å². The molecule has 0 radical (unpaired) electrons. The fourth-order valence-electron chi connectivity index (χ4n) is 5.10. The summed E-state index contributed by atoms with van der Waals surface area (Å²) in [6, 6.07) is 18.2. The molecule has 202 valence electrons. The molecular formula is C30H32FN5O3. The van der Waals surface area contributed by atoms with Gasteiger partial charge in [0.25, 0.3) is 5.91 Å². The Morgan fingerprint density at radius 2 is 1.64 bits per heavy atom. The van der Waals surface area contributed by atoms with Gasteiger partial charge in [-0.2, -0.15) is 15.0 Å². The van der Waals surface area contributed by atoms with Crippen LogP contribution in [0.5, 0.6) is 5.75 Å². The van der Waals surface area contributed by atoms with Gasteiger partial charge in [0.2, 0.25) is 5.91 Å². The summed E-state index contributed by atoms with van der Waals surface area (Å²) in [4.78, 5) is 31.2. The third-order valence-electron chi connectivity index (χ3n) is 7.22. The number of anilines is 1. The van der Waals surface area contributed by atoms with E-state index in [1.165, 1.54) is 21.8 Å². The highest BCUT2D eigenvalue weighted by molar-refractivity contribution is 6.03. The Hall–Kier alpha value is -4.27. The lowest BCUT2D eigenvalue weighted by molar-refractivity contribution is -0.128. The average molecular weight is 530 g/mol. The van der Waals surface area contributed by atoms with Crippen molar-refractivity contribution in [3.8, 4) is 5.75 Å². The quantitative estimate of drug-likeness (QED) is 0.332. The molecule has 1 fully saturated rings. The maximum absolute atomic E-state index is 14.3. The molecule has 2 atom stereocenters. The van der Waals surface area contributed by atoms with Crippen LogP contribution < -0.4 is 15.0 Å². The van der Waals surface area contributed by atoms with Gasteiger partial charge in [0.1, 0.15) is 34.7 Å². The molecule has 1 heterocycles. The number of fused-ring (bicyclic) bond motifs is 1. The zero-order valence-corrected chi connectivity index (χ0v) is 22.1. The van der Waals surface area contributed by atoms with Gasteiger partial charge in [-0.15, -0.1) is 0 Å². The minimum atomic E-state index is -1.06. The van der Waals surface area contributed by atoms with Crippen molar-refractivity contribution < 1.29 is 18.7 Å². The Morgan fingerprint density at radius 3 is 2.28 bits per heavy atom. The summed E-state index contributed by atoms with van der Waals surface area (Å²) < 4.78 is 19.4. The van der Waals surface area contributed by atoms with Gasteiger partial charge in [-0.25, -0.2) is 4.39 Å². The van der Waals surface area contributed by atoms with Gasteiger partial charge < -0.3 is 10.1 Å².